The second kappa shape index (κ2) is 5.22. The van der Waals surface area contributed by atoms with Gasteiger partial charge in [-0.1, -0.05) is 0 Å². The summed E-state index contributed by atoms with van der Waals surface area (Å²) in [6.45, 7) is 0. The van der Waals surface area contributed by atoms with Gasteiger partial charge in [0.05, 0.1) is 26.6 Å². The Morgan fingerprint density at radius 1 is 0.889 bits per heavy atom. The van der Waals surface area contributed by atoms with Gasteiger partial charge in [-0.3, -0.25) is 0 Å². The molecule has 0 bridgehead atoms. The van der Waals surface area contributed by atoms with E-state index >= 15 is 0 Å². The number of anilines is 1. The molecule has 2 rings (SSSR count). The Morgan fingerprint density at radius 3 is 2.00 bits per heavy atom. The monoisotopic (exact) mass is 247 g/mol. The average Bonchev–Trinajstić information content (AvgIpc) is 2.41. The first kappa shape index (κ1) is 12.0. The lowest BCUT2D eigenvalue weighted by molar-refractivity contribution is 0.385. The predicted molar refractivity (Wildman–Crippen MR) is 66.1 cm³/mol. The fraction of sp³-hybridized carbons (Fsp3) is 0.167. The molecule has 1 aromatic heterocycles. The molecule has 0 aliphatic rings. The van der Waals surface area contributed by atoms with Gasteiger partial charge in [0.25, 0.3) is 0 Å². The maximum Gasteiger partial charge on any atom is 0.237 e. The molecule has 0 radical (unpaired) electrons. The highest BCUT2D eigenvalue weighted by atomic mass is 16.5. The fourth-order valence-corrected chi connectivity index (χ4v) is 1.34. The van der Waals surface area contributed by atoms with Gasteiger partial charge in [0.2, 0.25) is 5.88 Å². The molecular weight excluding hydrogens is 234 g/mol. The molecule has 0 unspecified atom stereocenters. The van der Waals surface area contributed by atoms with E-state index in [9.17, 15) is 0 Å². The Hall–Kier alpha value is -2.50. The molecule has 94 valence electrons. The summed E-state index contributed by atoms with van der Waals surface area (Å²) >= 11 is 0. The minimum Gasteiger partial charge on any atom is -0.496 e. The zero-order chi connectivity index (χ0) is 13.0. The van der Waals surface area contributed by atoms with Crippen LogP contribution in [0.5, 0.6) is 23.1 Å². The number of nitrogens with two attached hydrogens (primary N) is 1. The van der Waals surface area contributed by atoms with Crippen molar-refractivity contribution in [3.05, 3.63) is 30.6 Å². The van der Waals surface area contributed by atoms with Crippen LogP contribution >= 0.6 is 0 Å². The molecule has 0 aliphatic carbocycles. The quantitative estimate of drug-likeness (QED) is 0.888. The highest BCUT2D eigenvalue weighted by Crippen LogP contribution is 2.29. The van der Waals surface area contributed by atoms with Gasteiger partial charge in [-0.15, -0.1) is 0 Å². The molecule has 0 saturated heterocycles. The number of rotatable bonds is 4. The number of hydrogen-bond acceptors (Lipinski definition) is 6. The van der Waals surface area contributed by atoms with Crippen molar-refractivity contribution in [2.75, 3.05) is 20.0 Å². The number of methoxy groups -OCH3 is 2. The van der Waals surface area contributed by atoms with E-state index in [1.807, 2.05) is 0 Å². The Morgan fingerprint density at radius 2 is 1.50 bits per heavy atom. The van der Waals surface area contributed by atoms with Gasteiger partial charge in [0.15, 0.2) is 0 Å². The van der Waals surface area contributed by atoms with Crippen LogP contribution < -0.4 is 19.9 Å². The van der Waals surface area contributed by atoms with Gasteiger partial charge in [-0.05, 0) is 0 Å². The summed E-state index contributed by atoms with van der Waals surface area (Å²) in [4.78, 5) is 7.88. The highest BCUT2D eigenvalue weighted by molar-refractivity contribution is 5.43. The Balaban J connectivity index is 2.25. The summed E-state index contributed by atoms with van der Waals surface area (Å²) in [5.74, 6) is 2.50. The lowest BCUT2D eigenvalue weighted by Gasteiger charge is -2.09. The minimum absolute atomic E-state index is 0.338. The van der Waals surface area contributed by atoms with Crippen molar-refractivity contribution in [1.29, 1.82) is 0 Å². The molecular formula is C12H13N3O3. The van der Waals surface area contributed by atoms with Crippen molar-refractivity contribution >= 4 is 5.82 Å². The third kappa shape index (κ3) is 2.79. The van der Waals surface area contributed by atoms with Crippen molar-refractivity contribution < 1.29 is 14.2 Å². The molecule has 0 saturated carbocycles. The van der Waals surface area contributed by atoms with Crippen molar-refractivity contribution in [3.8, 4) is 23.1 Å². The van der Waals surface area contributed by atoms with Crippen LogP contribution in [0.25, 0.3) is 0 Å². The third-order valence-corrected chi connectivity index (χ3v) is 2.20. The average molecular weight is 247 g/mol. The summed E-state index contributed by atoms with van der Waals surface area (Å²) in [7, 11) is 3.14. The second-order valence-electron chi connectivity index (χ2n) is 3.43. The molecule has 0 fully saturated rings. The van der Waals surface area contributed by atoms with Crippen LogP contribution in [0.15, 0.2) is 30.6 Å². The van der Waals surface area contributed by atoms with Crippen LogP contribution in [0.2, 0.25) is 0 Å². The number of nitrogens with zero attached hydrogens (tertiary/aromatic N) is 2. The number of hydrogen-bond donors (Lipinski definition) is 1. The zero-order valence-electron chi connectivity index (χ0n) is 10.1. The summed E-state index contributed by atoms with van der Waals surface area (Å²) in [6, 6.07) is 5.20. The molecule has 1 heterocycles. The van der Waals surface area contributed by atoms with Gasteiger partial charge < -0.3 is 19.9 Å². The smallest absolute Gasteiger partial charge is 0.237 e. The van der Waals surface area contributed by atoms with E-state index in [0.29, 0.717) is 28.9 Å². The summed E-state index contributed by atoms with van der Waals surface area (Å²) in [6.07, 6.45) is 2.87. The molecule has 1 aromatic carbocycles. The fourth-order valence-electron chi connectivity index (χ4n) is 1.34. The van der Waals surface area contributed by atoms with Gasteiger partial charge in [-0.25, -0.2) is 9.97 Å². The van der Waals surface area contributed by atoms with Gasteiger partial charge in [-0.2, -0.15) is 0 Å². The molecule has 0 atom stereocenters. The molecule has 18 heavy (non-hydrogen) atoms. The molecule has 0 spiro atoms. The van der Waals surface area contributed by atoms with Crippen LogP contribution in [-0.4, -0.2) is 24.2 Å². The lowest BCUT2D eigenvalue weighted by atomic mass is 10.3. The zero-order valence-corrected chi connectivity index (χ0v) is 10.1. The first-order valence-corrected chi connectivity index (χ1v) is 5.19. The molecule has 2 aromatic rings. The van der Waals surface area contributed by atoms with Gasteiger partial charge in [0, 0.05) is 18.2 Å². The normalized spacial score (nSPS) is 9.89. The Kier molecular flexibility index (Phi) is 3.47. The molecule has 0 aliphatic heterocycles. The maximum absolute atomic E-state index is 5.53. The third-order valence-electron chi connectivity index (χ3n) is 2.20. The van der Waals surface area contributed by atoms with Gasteiger partial charge in [0.1, 0.15) is 23.1 Å². The number of nitrogen functional groups attached to an aromatic ring is 1. The topological polar surface area (TPSA) is 79.5 Å². The summed E-state index contributed by atoms with van der Waals surface area (Å²) < 4.78 is 15.8. The minimum atomic E-state index is 0.338. The van der Waals surface area contributed by atoms with Crippen LogP contribution in [0, 0.1) is 0 Å². The summed E-state index contributed by atoms with van der Waals surface area (Å²) in [5, 5.41) is 0. The number of ether oxygens (including phenoxy) is 3. The standard InChI is InChI=1S/C12H13N3O3/c1-16-8-3-9(17-2)5-10(4-8)18-12-7-14-11(13)6-15-12/h3-7H,1-2H3,(H2,13,14). The van der Waals surface area contributed by atoms with Crippen LogP contribution in [-0.2, 0) is 0 Å². The van der Waals surface area contributed by atoms with Crippen molar-refractivity contribution in [1.82, 2.24) is 9.97 Å². The predicted octanol–water partition coefficient (Wildman–Crippen LogP) is 1.87. The largest absolute Gasteiger partial charge is 0.496 e. The molecule has 6 heteroatoms. The van der Waals surface area contributed by atoms with E-state index in [1.54, 1.807) is 32.4 Å². The van der Waals surface area contributed by atoms with Crippen LogP contribution in [0.4, 0.5) is 5.82 Å². The van der Waals surface area contributed by atoms with E-state index < -0.39 is 0 Å². The van der Waals surface area contributed by atoms with Crippen LogP contribution in [0.3, 0.4) is 0 Å². The number of aromatic nitrogens is 2. The van der Waals surface area contributed by atoms with E-state index in [0.717, 1.165) is 0 Å². The van der Waals surface area contributed by atoms with E-state index in [-0.39, 0.29) is 0 Å². The lowest BCUT2D eigenvalue weighted by Crippen LogP contribution is -1.94. The molecule has 6 nitrogen and oxygen atoms in total. The van der Waals surface area contributed by atoms with Crippen molar-refractivity contribution in [3.63, 3.8) is 0 Å². The van der Waals surface area contributed by atoms with E-state index in [1.165, 1.54) is 12.4 Å². The van der Waals surface area contributed by atoms with Crippen molar-refractivity contribution in [2.45, 2.75) is 0 Å². The van der Waals surface area contributed by atoms with Crippen molar-refractivity contribution in [2.24, 2.45) is 0 Å². The van der Waals surface area contributed by atoms with E-state index in [4.69, 9.17) is 19.9 Å². The first-order valence-electron chi connectivity index (χ1n) is 5.19. The Labute approximate surface area is 104 Å². The molecule has 0 amide bonds. The second-order valence-corrected chi connectivity index (χ2v) is 3.43. The maximum atomic E-state index is 5.53. The highest BCUT2D eigenvalue weighted by Gasteiger charge is 2.05. The Bertz CT molecular complexity index is 506. The SMILES string of the molecule is COc1cc(OC)cc(Oc2cnc(N)cn2)c1. The van der Waals surface area contributed by atoms with Crippen LogP contribution in [0.1, 0.15) is 0 Å². The summed E-state index contributed by atoms with van der Waals surface area (Å²) in [5.41, 5.74) is 5.44. The molecule has 2 N–H and O–H groups in total. The van der Waals surface area contributed by atoms with E-state index in [2.05, 4.69) is 9.97 Å². The van der Waals surface area contributed by atoms with Gasteiger partial charge >= 0.3 is 0 Å². The first-order chi connectivity index (χ1) is 8.71. The number of benzene rings is 1.